The van der Waals surface area contributed by atoms with E-state index in [2.05, 4.69) is 10.6 Å². The summed E-state index contributed by atoms with van der Waals surface area (Å²) in [5, 5.41) is 13.5. The Hall–Kier alpha value is -1.99. The number of carbonyl (C=O) groups excluding carboxylic acids is 1. The van der Waals surface area contributed by atoms with Crippen LogP contribution >= 0.6 is 0 Å². The maximum atomic E-state index is 14.0. The van der Waals surface area contributed by atoms with Crippen molar-refractivity contribution in [2.75, 3.05) is 44.8 Å². The van der Waals surface area contributed by atoms with Gasteiger partial charge >= 0.3 is 0 Å². The highest BCUT2D eigenvalue weighted by Gasteiger charge is 2.16. The number of anilines is 1. The second-order valence-corrected chi connectivity index (χ2v) is 4.76. The molecule has 0 aromatic heterocycles. The van der Waals surface area contributed by atoms with E-state index in [9.17, 15) is 9.18 Å². The Balaban J connectivity index is 2.13. The molecule has 1 aliphatic rings. The van der Waals surface area contributed by atoms with Crippen molar-refractivity contribution < 1.29 is 13.9 Å². The first-order valence-electron chi connectivity index (χ1n) is 6.74. The van der Waals surface area contributed by atoms with Gasteiger partial charge in [-0.05, 0) is 18.2 Å². The van der Waals surface area contributed by atoms with E-state index < -0.39 is 5.91 Å². The third-order valence-corrected chi connectivity index (χ3v) is 3.23. The molecule has 0 bridgehead atoms. The van der Waals surface area contributed by atoms with Gasteiger partial charge in [0.2, 0.25) is 0 Å². The normalized spacial score (nSPS) is 14.9. The second kappa shape index (κ2) is 7.14. The molecule has 1 aromatic rings. The number of benzene rings is 1. The lowest BCUT2D eigenvalue weighted by atomic mass is 10.1. The number of methoxy groups -OCH3 is 1. The Kier molecular flexibility index (Phi) is 5.24. The van der Waals surface area contributed by atoms with Gasteiger partial charge in [-0.15, -0.1) is 0 Å². The van der Waals surface area contributed by atoms with E-state index in [0.29, 0.717) is 24.3 Å². The summed E-state index contributed by atoms with van der Waals surface area (Å²) in [4.78, 5) is 13.3. The van der Waals surface area contributed by atoms with Crippen LogP contribution in [0.2, 0.25) is 0 Å². The first-order valence-corrected chi connectivity index (χ1v) is 6.74. The molecular weight excluding hydrogens is 275 g/mol. The van der Waals surface area contributed by atoms with Crippen LogP contribution in [0.15, 0.2) is 18.2 Å². The number of hydrogen-bond donors (Lipinski definition) is 3. The number of ether oxygens (including phenoxy) is 1. The lowest BCUT2D eigenvalue weighted by molar-refractivity contribution is -0.123. The predicted octanol–water partition coefficient (Wildman–Crippen LogP) is 0.323. The van der Waals surface area contributed by atoms with Gasteiger partial charge < -0.3 is 20.3 Å². The molecule has 1 fully saturated rings. The van der Waals surface area contributed by atoms with Crippen molar-refractivity contribution in [3.05, 3.63) is 29.6 Å². The van der Waals surface area contributed by atoms with Crippen molar-refractivity contribution in [3.8, 4) is 0 Å². The van der Waals surface area contributed by atoms with Crippen LogP contribution in [0.3, 0.4) is 0 Å². The Morgan fingerprint density at radius 2 is 2.19 bits per heavy atom. The summed E-state index contributed by atoms with van der Waals surface area (Å²) in [6.45, 7) is 2.90. The summed E-state index contributed by atoms with van der Waals surface area (Å²) < 4.78 is 18.7. The zero-order chi connectivity index (χ0) is 15.2. The van der Waals surface area contributed by atoms with Crippen LogP contribution in [0.4, 0.5) is 10.1 Å². The molecular formula is C14H19FN4O2. The summed E-state index contributed by atoms with van der Waals surface area (Å²) >= 11 is 0. The van der Waals surface area contributed by atoms with Gasteiger partial charge in [-0.25, -0.2) is 4.39 Å². The van der Waals surface area contributed by atoms with Gasteiger partial charge in [-0.1, -0.05) is 0 Å². The van der Waals surface area contributed by atoms with Gasteiger partial charge in [0.15, 0.2) is 0 Å². The molecule has 1 aliphatic heterocycles. The van der Waals surface area contributed by atoms with Gasteiger partial charge in [0.1, 0.15) is 18.3 Å². The van der Waals surface area contributed by atoms with Crippen LogP contribution in [0, 0.1) is 11.2 Å². The highest BCUT2D eigenvalue weighted by Crippen LogP contribution is 2.21. The SMILES string of the molecule is COCC(=O)NC(=N)c1ccc(F)c(N2CCNCC2)c1. The zero-order valence-electron chi connectivity index (χ0n) is 11.9. The minimum Gasteiger partial charge on any atom is -0.375 e. The topological polar surface area (TPSA) is 77.5 Å². The minimum atomic E-state index is -0.407. The lowest BCUT2D eigenvalue weighted by Crippen LogP contribution is -2.44. The van der Waals surface area contributed by atoms with Crippen molar-refractivity contribution >= 4 is 17.4 Å². The maximum absolute atomic E-state index is 14.0. The van der Waals surface area contributed by atoms with E-state index in [1.807, 2.05) is 4.90 Å². The molecule has 0 radical (unpaired) electrons. The van der Waals surface area contributed by atoms with Gasteiger partial charge in [0.25, 0.3) is 5.91 Å². The van der Waals surface area contributed by atoms with E-state index in [1.54, 1.807) is 6.07 Å². The molecule has 114 valence electrons. The van der Waals surface area contributed by atoms with E-state index in [4.69, 9.17) is 10.1 Å². The molecule has 2 rings (SSSR count). The van der Waals surface area contributed by atoms with Crippen molar-refractivity contribution in [3.63, 3.8) is 0 Å². The van der Waals surface area contributed by atoms with E-state index in [1.165, 1.54) is 19.2 Å². The van der Waals surface area contributed by atoms with Crippen LogP contribution in [0.5, 0.6) is 0 Å². The Labute approximate surface area is 122 Å². The fourth-order valence-corrected chi connectivity index (χ4v) is 2.20. The van der Waals surface area contributed by atoms with Crippen LogP contribution < -0.4 is 15.5 Å². The third-order valence-electron chi connectivity index (χ3n) is 3.23. The number of amides is 1. The van der Waals surface area contributed by atoms with Crippen molar-refractivity contribution in [2.45, 2.75) is 0 Å². The summed E-state index contributed by atoms with van der Waals surface area (Å²) in [6.07, 6.45) is 0. The molecule has 6 nitrogen and oxygen atoms in total. The fourth-order valence-electron chi connectivity index (χ4n) is 2.20. The molecule has 1 amide bonds. The van der Waals surface area contributed by atoms with Gasteiger partial charge in [0, 0.05) is 38.9 Å². The molecule has 0 spiro atoms. The van der Waals surface area contributed by atoms with Crippen molar-refractivity contribution in [2.24, 2.45) is 0 Å². The average molecular weight is 294 g/mol. The van der Waals surface area contributed by atoms with E-state index in [-0.39, 0.29) is 18.3 Å². The lowest BCUT2D eigenvalue weighted by Gasteiger charge is -2.30. The smallest absolute Gasteiger partial charge is 0.251 e. The summed E-state index contributed by atoms with van der Waals surface area (Å²) in [6, 6.07) is 4.40. The molecule has 1 aromatic carbocycles. The first kappa shape index (κ1) is 15.4. The summed E-state index contributed by atoms with van der Waals surface area (Å²) in [5.41, 5.74) is 0.925. The summed E-state index contributed by atoms with van der Waals surface area (Å²) in [7, 11) is 1.41. The van der Waals surface area contributed by atoms with Crippen LogP contribution in [-0.4, -0.2) is 51.6 Å². The Bertz CT molecular complexity index is 530. The molecule has 0 atom stereocenters. The monoisotopic (exact) mass is 294 g/mol. The molecule has 1 saturated heterocycles. The fraction of sp³-hybridized carbons (Fsp3) is 0.429. The maximum Gasteiger partial charge on any atom is 0.251 e. The number of rotatable bonds is 4. The minimum absolute atomic E-state index is 0.0616. The van der Waals surface area contributed by atoms with Gasteiger partial charge in [0.05, 0.1) is 5.69 Å². The molecule has 0 aliphatic carbocycles. The number of hydrogen-bond acceptors (Lipinski definition) is 5. The third kappa shape index (κ3) is 3.99. The average Bonchev–Trinajstić information content (AvgIpc) is 2.48. The molecule has 1 heterocycles. The number of nitrogens with zero attached hydrogens (tertiary/aromatic N) is 1. The molecule has 0 saturated carbocycles. The Morgan fingerprint density at radius 1 is 1.48 bits per heavy atom. The largest absolute Gasteiger partial charge is 0.375 e. The van der Waals surface area contributed by atoms with Crippen molar-refractivity contribution in [1.29, 1.82) is 5.41 Å². The zero-order valence-corrected chi connectivity index (χ0v) is 11.9. The highest BCUT2D eigenvalue weighted by molar-refractivity contribution is 6.06. The van der Waals surface area contributed by atoms with Gasteiger partial charge in [-0.3, -0.25) is 10.2 Å². The first-order chi connectivity index (χ1) is 10.1. The number of nitrogens with one attached hydrogen (secondary N) is 3. The van der Waals surface area contributed by atoms with E-state index in [0.717, 1.165) is 13.1 Å². The highest BCUT2D eigenvalue weighted by atomic mass is 19.1. The van der Waals surface area contributed by atoms with Crippen LogP contribution in [0.1, 0.15) is 5.56 Å². The molecule has 21 heavy (non-hydrogen) atoms. The number of carbonyl (C=O) groups is 1. The summed E-state index contributed by atoms with van der Waals surface area (Å²) in [5.74, 6) is -0.791. The second-order valence-electron chi connectivity index (χ2n) is 4.76. The standard InChI is InChI=1S/C14H19FN4O2/c1-21-9-13(20)18-14(16)10-2-3-11(15)12(8-10)19-6-4-17-5-7-19/h2-3,8,17H,4-7,9H2,1H3,(H2,16,18,20). The number of halogens is 1. The number of amidine groups is 1. The number of piperazine rings is 1. The van der Waals surface area contributed by atoms with Crippen LogP contribution in [-0.2, 0) is 9.53 Å². The molecule has 0 unspecified atom stereocenters. The molecule has 7 heteroatoms. The molecule has 3 N–H and O–H groups in total. The predicted molar refractivity (Wildman–Crippen MR) is 78.3 cm³/mol. The van der Waals surface area contributed by atoms with E-state index >= 15 is 0 Å². The van der Waals surface area contributed by atoms with Crippen molar-refractivity contribution in [1.82, 2.24) is 10.6 Å². The van der Waals surface area contributed by atoms with Crippen LogP contribution in [0.25, 0.3) is 0 Å². The Morgan fingerprint density at radius 3 is 2.86 bits per heavy atom. The van der Waals surface area contributed by atoms with Gasteiger partial charge in [-0.2, -0.15) is 0 Å². The quantitative estimate of drug-likeness (QED) is 0.552.